The first kappa shape index (κ1) is 14.7. The fraction of sp³-hybridized carbons (Fsp3) is 0.421. The minimum atomic E-state index is -0.284. The molecule has 0 spiro atoms. The number of benzene rings is 1. The summed E-state index contributed by atoms with van der Waals surface area (Å²) in [6, 6.07) is 7.49. The molecule has 5 rings (SSSR count). The molecule has 2 heterocycles. The van der Waals surface area contributed by atoms with Crippen molar-refractivity contribution in [1.29, 1.82) is 0 Å². The molecule has 2 aromatic rings. The van der Waals surface area contributed by atoms with Crippen LogP contribution >= 0.6 is 0 Å². The predicted molar refractivity (Wildman–Crippen MR) is 91.7 cm³/mol. The van der Waals surface area contributed by atoms with Crippen LogP contribution in [0.2, 0.25) is 0 Å². The topological polar surface area (TPSA) is 75.4 Å². The fourth-order valence-electron chi connectivity index (χ4n) is 3.39. The highest BCUT2D eigenvalue weighted by Crippen LogP contribution is 2.40. The first-order valence-electron chi connectivity index (χ1n) is 8.91. The molecule has 0 unspecified atom stereocenters. The van der Waals surface area contributed by atoms with Gasteiger partial charge in [-0.2, -0.15) is 0 Å². The fourth-order valence-corrected chi connectivity index (χ4v) is 3.39. The van der Waals surface area contributed by atoms with Crippen LogP contribution in [0, 0.1) is 5.92 Å². The highest BCUT2D eigenvalue weighted by atomic mass is 16.5. The van der Waals surface area contributed by atoms with Gasteiger partial charge in [-0.1, -0.05) is 11.2 Å². The Bertz CT molecular complexity index is 865. The van der Waals surface area contributed by atoms with E-state index in [0.717, 1.165) is 55.7 Å². The van der Waals surface area contributed by atoms with E-state index in [-0.39, 0.29) is 17.7 Å². The summed E-state index contributed by atoms with van der Waals surface area (Å²) in [4.78, 5) is 26.7. The van der Waals surface area contributed by atoms with Crippen molar-refractivity contribution in [2.24, 2.45) is 5.92 Å². The number of rotatable bonds is 4. The van der Waals surface area contributed by atoms with Gasteiger partial charge in [0.2, 0.25) is 5.91 Å². The van der Waals surface area contributed by atoms with Crippen molar-refractivity contribution in [3.8, 4) is 0 Å². The average Bonchev–Trinajstić information content (AvgIpc) is 3.55. The zero-order valence-corrected chi connectivity index (χ0v) is 13.8. The summed E-state index contributed by atoms with van der Waals surface area (Å²) >= 11 is 0. The molecule has 2 aliphatic carbocycles. The van der Waals surface area contributed by atoms with Crippen LogP contribution in [0.1, 0.15) is 53.4 Å². The summed E-state index contributed by atoms with van der Waals surface area (Å²) < 4.78 is 5.24. The molecule has 25 heavy (non-hydrogen) atoms. The van der Waals surface area contributed by atoms with Crippen LogP contribution in [-0.4, -0.2) is 23.5 Å². The first-order chi connectivity index (χ1) is 12.2. The van der Waals surface area contributed by atoms with E-state index in [0.29, 0.717) is 17.3 Å². The van der Waals surface area contributed by atoms with Gasteiger partial charge >= 0.3 is 0 Å². The summed E-state index contributed by atoms with van der Waals surface area (Å²) in [7, 11) is 0. The molecule has 2 saturated carbocycles. The molecule has 6 nitrogen and oxygen atoms in total. The molecule has 1 N–H and O–H groups in total. The number of aromatic nitrogens is 1. The lowest BCUT2D eigenvalue weighted by Crippen LogP contribution is -2.30. The Morgan fingerprint density at radius 3 is 2.76 bits per heavy atom. The molecule has 128 valence electrons. The third kappa shape index (κ3) is 2.71. The Morgan fingerprint density at radius 2 is 2.00 bits per heavy atom. The minimum absolute atomic E-state index is 0.195. The van der Waals surface area contributed by atoms with Gasteiger partial charge in [-0.05, 0) is 49.8 Å². The van der Waals surface area contributed by atoms with Crippen LogP contribution in [0.5, 0.6) is 0 Å². The van der Waals surface area contributed by atoms with E-state index < -0.39 is 0 Å². The Kier molecular flexibility index (Phi) is 3.20. The van der Waals surface area contributed by atoms with Crippen LogP contribution < -0.4 is 10.2 Å². The van der Waals surface area contributed by atoms with Crippen molar-refractivity contribution in [2.45, 2.75) is 38.0 Å². The summed E-state index contributed by atoms with van der Waals surface area (Å²) in [6.07, 6.45) is 5.07. The second-order valence-corrected chi connectivity index (χ2v) is 7.20. The molecule has 1 aromatic heterocycles. The van der Waals surface area contributed by atoms with Crippen LogP contribution in [0.15, 0.2) is 28.8 Å². The number of nitrogens with zero attached hydrogens (tertiary/aromatic N) is 2. The molecule has 1 aliphatic heterocycles. The third-order valence-electron chi connectivity index (χ3n) is 5.17. The summed E-state index contributed by atoms with van der Waals surface area (Å²) in [6.45, 7) is 0.732. The first-order valence-corrected chi connectivity index (χ1v) is 8.91. The smallest absolute Gasteiger partial charge is 0.277 e. The summed E-state index contributed by atoms with van der Waals surface area (Å²) in [5, 5.41) is 6.73. The number of carbonyl (C=O) groups excluding carboxylic acids is 2. The van der Waals surface area contributed by atoms with E-state index >= 15 is 0 Å². The normalized spacial score (nSPS) is 19.0. The summed E-state index contributed by atoms with van der Waals surface area (Å²) in [5.41, 5.74) is 3.06. The second kappa shape index (κ2) is 5.44. The van der Waals surface area contributed by atoms with Gasteiger partial charge in [-0.15, -0.1) is 0 Å². The van der Waals surface area contributed by atoms with Crippen molar-refractivity contribution >= 4 is 23.2 Å². The summed E-state index contributed by atoms with van der Waals surface area (Å²) in [5.74, 6) is 1.35. The van der Waals surface area contributed by atoms with Gasteiger partial charge in [0.05, 0.1) is 0 Å². The maximum atomic E-state index is 12.4. The molecule has 0 radical (unpaired) electrons. The van der Waals surface area contributed by atoms with E-state index in [1.165, 1.54) is 0 Å². The lowest BCUT2D eigenvalue weighted by Gasteiger charge is -2.17. The predicted octanol–water partition coefficient (Wildman–Crippen LogP) is 3.10. The Labute approximate surface area is 145 Å². The largest absolute Gasteiger partial charge is 0.360 e. The highest BCUT2D eigenvalue weighted by Gasteiger charge is 2.36. The van der Waals surface area contributed by atoms with Crippen LogP contribution in [0.3, 0.4) is 0 Å². The van der Waals surface area contributed by atoms with E-state index in [9.17, 15) is 9.59 Å². The van der Waals surface area contributed by atoms with Crippen molar-refractivity contribution in [3.63, 3.8) is 0 Å². The molecule has 1 aromatic carbocycles. The second-order valence-electron chi connectivity index (χ2n) is 7.20. The number of nitrogens with one attached hydrogen (secondary N) is 1. The number of hydrogen-bond donors (Lipinski definition) is 1. The quantitative estimate of drug-likeness (QED) is 0.930. The molecule has 0 atom stereocenters. The molecular formula is C19H19N3O3. The van der Waals surface area contributed by atoms with Gasteiger partial charge in [0, 0.05) is 35.8 Å². The minimum Gasteiger partial charge on any atom is -0.360 e. The number of amides is 2. The lowest BCUT2D eigenvalue weighted by atomic mass is 10.1. The van der Waals surface area contributed by atoms with Gasteiger partial charge < -0.3 is 14.7 Å². The highest BCUT2D eigenvalue weighted by molar-refractivity contribution is 6.04. The monoisotopic (exact) mass is 337 g/mol. The van der Waals surface area contributed by atoms with Gasteiger partial charge in [-0.3, -0.25) is 9.59 Å². The average molecular weight is 337 g/mol. The van der Waals surface area contributed by atoms with Crippen molar-refractivity contribution in [2.75, 3.05) is 16.8 Å². The SMILES string of the molecule is O=C(Nc1ccc2c(c1)N(C(=O)C1CC1)CC2)c1cc(C2CC2)on1. The molecule has 0 bridgehead atoms. The van der Waals surface area contributed by atoms with E-state index in [4.69, 9.17) is 4.52 Å². The maximum Gasteiger partial charge on any atom is 0.277 e. The van der Waals surface area contributed by atoms with Crippen molar-refractivity contribution in [3.05, 3.63) is 41.3 Å². The Hall–Kier alpha value is -2.63. The molecule has 6 heteroatoms. The third-order valence-corrected chi connectivity index (χ3v) is 5.17. The van der Waals surface area contributed by atoms with E-state index in [1.807, 2.05) is 23.1 Å². The van der Waals surface area contributed by atoms with Crippen LogP contribution in [0.25, 0.3) is 0 Å². The van der Waals surface area contributed by atoms with Gasteiger partial charge in [-0.25, -0.2) is 0 Å². The number of fused-ring (bicyclic) bond motifs is 1. The van der Waals surface area contributed by atoms with Gasteiger partial charge in [0.1, 0.15) is 5.76 Å². The van der Waals surface area contributed by atoms with Crippen LogP contribution in [0.4, 0.5) is 11.4 Å². The Morgan fingerprint density at radius 1 is 1.16 bits per heavy atom. The lowest BCUT2D eigenvalue weighted by molar-refractivity contribution is -0.119. The van der Waals surface area contributed by atoms with Crippen molar-refractivity contribution < 1.29 is 14.1 Å². The number of anilines is 2. The van der Waals surface area contributed by atoms with E-state index in [2.05, 4.69) is 10.5 Å². The molecule has 3 aliphatic rings. The van der Waals surface area contributed by atoms with Gasteiger partial charge in [0.25, 0.3) is 5.91 Å². The van der Waals surface area contributed by atoms with E-state index in [1.54, 1.807) is 6.07 Å². The molecule has 0 saturated heterocycles. The Balaban J connectivity index is 1.34. The zero-order chi connectivity index (χ0) is 17.0. The maximum absolute atomic E-state index is 12.4. The van der Waals surface area contributed by atoms with Gasteiger partial charge in [0.15, 0.2) is 5.69 Å². The molecule has 2 fully saturated rings. The zero-order valence-electron chi connectivity index (χ0n) is 13.8. The van der Waals surface area contributed by atoms with Crippen LogP contribution in [-0.2, 0) is 11.2 Å². The standard InChI is InChI=1S/C19H19N3O3/c23-18(15-10-17(25-21-15)12-1-2-12)20-14-6-5-11-7-8-22(16(11)9-14)19(24)13-3-4-13/h5-6,9-10,12-13H,1-4,7-8H2,(H,20,23). The molecular weight excluding hydrogens is 318 g/mol. The number of carbonyl (C=O) groups is 2. The van der Waals surface area contributed by atoms with Crippen molar-refractivity contribution in [1.82, 2.24) is 5.16 Å². The number of hydrogen-bond acceptors (Lipinski definition) is 4. The molecule has 2 amide bonds.